The number of hydrogen-bond acceptors (Lipinski definition) is 3. The summed E-state index contributed by atoms with van der Waals surface area (Å²) in [5, 5.41) is 4.00. The lowest BCUT2D eigenvalue weighted by Crippen LogP contribution is -2.38. The summed E-state index contributed by atoms with van der Waals surface area (Å²) in [5.74, 6) is 0.823. The van der Waals surface area contributed by atoms with Gasteiger partial charge in [0.15, 0.2) is 0 Å². The Morgan fingerprint density at radius 3 is 2.50 bits per heavy atom. The number of rotatable bonds is 7. The van der Waals surface area contributed by atoms with Crippen LogP contribution in [0.1, 0.15) is 6.92 Å². The second kappa shape index (κ2) is 7.49. The van der Waals surface area contributed by atoms with Crippen molar-refractivity contribution < 1.29 is 9.47 Å². The molecule has 1 rings (SSSR count). The van der Waals surface area contributed by atoms with Crippen LogP contribution in [-0.4, -0.2) is 32.9 Å². The van der Waals surface area contributed by atoms with E-state index in [1.165, 1.54) is 0 Å². The number of hydrogen-bond donors (Lipinski definition) is 1. The zero-order chi connectivity index (χ0) is 11.8. The van der Waals surface area contributed by atoms with Gasteiger partial charge in [0.1, 0.15) is 12.4 Å². The third kappa shape index (κ3) is 4.84. The Bertz CT molecular complexity index is 284. The highest BCUT2D eigenvalue weighted by atomic mass is 35.5. The first-order valence-electron chi connectivity index (χ1n) is 5.37. The van der Waals surface area contributed by atoms with Crippen LogP contribution in [0.25, 0.3) is 0 Å². The van der Waals surface area contributed by atoms with Crippen molar-refractivity contribution in [2.24, 2.45) is 0 Å². The van der Waals surface area contributed by atoms with Crippen LogP contribution in [0.5, 0.6) is 5.75 Å². The lowest BCUT2D eigenvalue weighted by Gasteiger charge is -2.17. The summed E-state index contributed by atoms with van der Waals surface area (Å²) in [6.07, 6.45) is 0. The molecule has 0 saturated carbocycles. The average Bonchev–Trinajstić information content (AvgIpc) is 2.29. The summed E-state index contributed by atoms with van der Waals surface area (Å²) < 4.78 is 10.7. The Morgan fingerprint density at radius 2 is 1.94 bits per heavy atom. The monoisotopic (exact) mass is 243 g/mol. The van der Waals surface area contributed by atoms with Crippen molar-refractivity contribution in [3.05, 3.63) is 29.3 Å². The number of methoxy groups -OCH3 is 1. The van der Waals surface area contributed by atoms with Crippen LogP contribution in [0.15, 0.2) is 24.3 Å². The molecule has 0 aliphatic carbocycles. The summed E-state index contributed by atoms with van der Waals surface area (Å²) in [6, 6.07) is 7.56. The van der Waals surface area contributed by atoms with Gasteiger partial charge in [-0.05, 0) is 30.8 Å². The van der Waals surface area contributed by atoms with Crippen LogP contribution in [0, 0.1) is 0 Å². The highest BCUT2D eigenvalue weighted by Crippen LogP contribution is 2.15. The Labute approximate surface area is 102 Å². The van der Waals surface area contributed by atoms with Crippen molar-refractivity contribution in [1.82, 2.24) is 5.32 Å². The molecule has 0 radical (unpaired) electrons. The Kier molecular flexibility index (Phi) is 6.23. The normalized spacial score (nSPS) is 12.4. The molecular weight excluding hydrogens is 226 g/mol. The molecule has 0 aliphatic heterocycles. The molecular formula is C12H18ClNO2. The van der Waals surface area contributed by atoms with Gasteiger partial charge in [-0.1, -0.05) is 18.5 Å². The summed E-state index contributed by atoms with van der Waals surface area (Å²) in [6.45, 7) is 4.19. The predicted molar refractivity (Wildman–Crippen MR) is 66.3 cm³/mol. The van der Waals surface area contributed by atoms with E-state index in [-0.39, 0.29) is 6.04 Å². The Morgan fingerprint density at radius 1 is 1.25 bits per heavy atom. The molecule has 1 aromatic rings. The summed E-state index contributed by atoms with van der Waals surface area (Å²) in [4.78, 5) is 0. The number of nitrogens with one attached hydrogen (secondary N) is 1. The molecule has 0 saturated heterocycles. The topological polar surface area (TPSA) is 30.5 Å². The highest BCUT2D eigenvalue weighted by Gasteiger charge is 2.07. The largest absolute Gasteiger partial charge is 0.492 e. The van der Waals surface area contributed by atoms with E-state index in [0.29, 0.717) is 18.2 Å². The zero-order valence-corrected chi connectivity index (χ0v) is 10.5. The van der Waals surface area contributed by atoms with Crippen LogP contribution in [0.2, 0.25) is 5.02 Å². The van der Waals surface area contributed by atoms with E-state index in [9.17, 15) is 0 Å². The van der Waals surface area contributed by atoms with Gasteiger partial charge < -0.3 is 14.8 Å². The molecule has 4 heteroatoms. The van der Waals surface area contributed by atoms with Gasteiger partial charge in [0.25, 0.3) is 0 Å². The van der Waals surface area contributed by atoms with Gasteiger partial charge in [-0.2, -0.15) is 0 Å². The maximum Gasteiger partial charge on any atom is 0.119 e. The first kappa shape index (κ1) is 13.3. The molecule has 3 nitrogen and oxygen atoms in total. The van der Waals surface area contributed by atoms with Gasteiger partial charge in [0.05, 0.1) is 12.6 Å². The molecule has 1 atom stereocenters. The van der Waals surface area contributed by atoms with E-state index >= 15 is 0 Å². The minimum absolute atomic E-state index is 0.214. The van der Waals surface area contributed by atoms with Crippen LogP contribution >= 0.6 is 11.6 Å². The quantitative estimate of drug-likeness (QED) is 0.798. The molecule has 1 unspecified atom stereocenters. The first-order valence-corrected chi connectivity index (χ1v) is 5.74. The van der Waals surface area contributed by atoms with E-state index < -0.39 is 0 Å². The summed E-state index contributed by atoms with van der Waals surface area (Å²) in [5.41, 5.74) is 0. The molecule has 0 aromatic heterocycles. The van der Waals surface area contributed by atoms with Crippen LogP contribution in [0.4, 0.5) is 0 Å². The Balaban J connectivity index is 2.38. The predicted octanol–water partition coefficient (Wildman–Crippen LogP) is 2.34. The van der Waals surface area contributed by atoms with Crippen molar-refractivity contribution in [2.45, 2.75) is 13.0 Å². The smallest absolute Gasteiger partial charge is 0.119 e. The first-order chi connectivity index (χ1) is 7.76. The van der Waals surface area contributed by atoms with Gasteiger partial charge in [-0.3, -0.25) is 0 Å². The SMILES string of the molecule is CCNC(COC)COc1ccc(Cl)cc1. The van der Waals surface area contributed by atoms with Crippen molar-refractivity contribution >= 4 is 11.6 Å². The Hall–Kier alpha value is -0.770. The molecule has 0 fully saturated rings. The third-order valence-electron chi connectivity index (χ3n) is 2.13. The van der Waals surface area contributed by atoms with E-state index in [0.717, 1.165) is 12.3 Å². The molecule has 0 amide bonds. The number of likely N-dealkylation sites (N-methyl/N-ethyl adjacent to an activating group) is 1. The molecule has 0 bridgehead atoms. The van der Waals surface area contributed by atoms with Crippen molar-refractivity contribution in [3.63, 3.8) is 0 Å². The highest BCUT2D eigenvalue weighted by molar-refractivity contribution is 6.30. The number of ether oxygens (including phenoxy) is 2. The molecule has 0 aliphatic rings. The van der Waals surface area contributed by atoms with Crippen LogP contribution in [0.3, 0.4) is 0 Å². The summed E-state index contributed by atoms with van der Waals surface area (Å²) in [7, 11) is 1.69. The molecule has 0 spiro atoms. The van der Waals surface area contributed by atoms with Gasteiger partial charge >= 0.3 is 0 Å². The van der Waals surface area contributed by atoms with Gasteiger partial charge in [0.2, 0.25) is 0 Å². The minimum Gasteiger partial charge on any atom is -0.492 e. The van der Waals surface area contributed by atoms with E-state index in [1.54, 1.807) is 7.11 Å². The fourth-order valence-electron chi connectivity index (χ4n) is 1.38. The van der Waals surface area contributed by atoms with E-state index in [2.05, 4.69) is 12.2 Å². The fraction of sp³-hybridized carbons (Fsp3) is 0.500. The third-order valence-corrected chi connectivity index (χ3v) is 2.38. The number of benzene rings is 1. The standard InChI is InChI=1S/C12H18ClNO2/c1-3-14-11(8-15-2)9-16-12-6-4-10(13)5-7-12/h4-7,11,14H,3,8-9H2,1-2H3. The van der Waals surface area contributed by atoms with Gasteiger partial charge in [0, 0.05) is 12.1 Å². The molecule has 16 heavy (non-hydrogen) atoms. The lowest BCUT2D eigenvalue weighted by molar-refractivity contribution is 0.137. The van der Waals surface area contributed by atoms with Crippen LogP contribution in [-0.2, 0) is 4.74 Å². The molecule has 90 valence electrons. The van der Waals surface area contributed by atoms with Gasteiger partial charge in [-0.15, -0.1) is 0 Å². The minimum atomic E-state index is 0.214. The lowest BCUT2D eigenvalue weighted by atomic mass is 10.3. The second-order valence-electron chi connectivity index (χ2n) is 3.47. The second-order valence-corrected chi connectivity index (χ2v) is 3.91. The van der Waals surface area contributed by atoms with E-state index in [4.69, 9.17) is 21.1 Å². The van der Waals surface area contributed by atoms with Crippen molar-refractivity contribution in [3.8, 4) is 5.75 Å². The molecule has 1 N–H and O–H groups in total. The average molecular weight is 244 g/mol. The maximum absolute atomic E-state index is 5.79. The van der Waals surface area contributed by atoms with Crippen LogP contribution < -0.4 is 10.1 Å². The van der Waals surface area contributed by atoms with Gasteiger partial charge in [-0.25, -0.2) is 0 Å². The van der Waals surface area contributed by atoms with Crippen molar-refractivity contribution in [2.75, 3.05) is 26.9 Å². The zero-order valence-electron chi connectivity index (χ0n) is 9.70. The summed E-state index contributed by atoms with van der Waals surface area (Å²) >= 11 is 5.79. The van der Waals surface area contributed by atoms with Crippen molar-refractivity contribution in [1.29, 1.82) is 0 Å². The molecule has 0 heterocycles. The fourth-order valence-corrected chi connectivity index (χ4v) is 1.51. The maximum atomic E-state index is 5.79. The number of halogens is 1. The molecule has 1 aromatic carbocycles. The van der Waals surface area contributed by atoms with E-state index in [1.807, 2.05) is 24.3 Å².